The van der Waals surface area contributed by atoms with E-state index in [-0.39, 0.29) is 27.9 Å². The summed E-state index contributed by atoms with van der Waals surface area (Å²) in [5, 5.41) is 28.0. The SMILES string of the molecule is CC1(COc2ccc(N)c([N+](=O)[O-])c2)COC1.CC1(COc2ccc(Nc3ccc4cccc(OCc5ccccc5)c4n3)c([N+](=O)[O-])c2)COC1.Clc1ccc2cccc(OCc3ccccc3)c2n1. The Morgan fingerprint density at radius 3 is 1.59 bits per heavy atom. The average Bonchev–Trinajstić information content (AvgIpc) is 3.36. The first kappa shape index (κ1) is 49.4. The summed E-state index contributed by atoms with van der Waals surface area (Å²) in [5.74, 6) is 2.77. The van der Waals surface area contributed by atoms with Gasteiger partial charge in [-0.1, -0.05) is 110 Å². The third-order valence-corrected chi connectivity index (χ3v) is 11.6. The van der Waals surface area contributed by atoms with E-state index in [2.05, 4.69) is 22.2 Å². The maximum Gasteiger partial charge on any atom is 0.296 e. The second-order valence-corrected chi connectivity index (χ2v) is 18.1. The molecule has 0 saturated carbocycles. The summed E-state index contributed by atoms with van der Waals surface area (Å²) in [5.41, 5.74) is 9.35. The van der Waals surface area contributed by atoms with Gasteiger partial charge in [0.1, 0.15) is 69.6 Å². The van der Waals surface area contributed by atoms with Crippen molar-refractivity contribution in [2.45, 2.75) is 27.1 Å². The molecule has 3 N–H and O–H groups in total. The van der Waals surface area contributed by atoms with Crippen LogP contribution >= 0.6 is 11.6 Å². The molecule has 0 radical (unpaired) electrons. The first-order chi connectivity index (χ1) is 34.3. The molecule has 2 saturated heterocycles. The zero-order valence-electron chi connectivity index (χ0n) is 39.0. The van der Waals surface area contributed by atoms with E-state index < -0.39 is 9.85 Å². The molecule has 0 aliphatic carbocycles. The summed E-state index contributed by atoms with van der Waals surface area (Å²) in [7, 11) is 0. The molecule has 17 heteroatoms. The molecule has 0 bridgehead atoms. The zero-order chi connectivity index (χ0) is 49.8. The fraction of sp³-hybridized carbons (Fsp3) is 0.222. The number of nitrogens with zero attached hydrogens (tertiary/aromatic N) is 4. The monoisotopic (exact) mass is 978 g/mol. The molecule has 16 nitrogen and oxygen atoms in total. The number of pyridine rings is 2. The fourth-order valence-electron chi connectivity index (χ4n) is 7.34. The molecular formula is C54H51ClN6O10. The number of fused-ring (bicyclic) bond motifs is 2. The fourth-order valence-corrected chi connectivity index (χ4v) is 7.49. The van der Waals surface area contributed by atoms with Crippen molar-refractivity contribution in [1.82, 2.24) is 9.97 Å². The van der Waals surface area contributed by atoms with Crippen LogP contribution in [0.1, 0.15) is 25.0 Å². The van der Waals surface area contributed by atoms with Crippen molar-refractivity contribution in [3.63, 3.8) is 0 Å². The first-order valence-electron chi connectivity index (χ1n) is 22.6. The molecule has 364 valence electrons. The van der Waals surface area contributed by atoms with Crippen molar-refractivity contribution in [3.8, 4) is 23.0 Å². The Labute approximate surface area is 414 Å². The number of aromatic nitrogens is 2. The number of anilines is 3. The van der Waals surface area contributed by atoms with Gasteiger partial charge in [-0.3, -0.25) is 20.2 Å². The summed E-state index contributed by atoms with van der Waals surface area (Å²) in [6.45, 7) is 8.52. The van der Waals surface area contributed by atoms with Gasteiger partial charge >= 0.3 is 0 Å². The number of hydrogen-bond donors (Lipinski definition) is 2. The second kappa shape index (κ2) is 22.6. The Bertz CT molecular complexity index is 3120. The third kappa shape index (κ3) is 13.2. The van der Waals surface area contributed by atoms with E-state index in [9.17, 15) is 20.2 Å². The number of hydrogen-bond acceptors (Lipinski definition) is 14. The van der Waals surface area contributed by atoms with Gasteiger partial charge in [0.05, 0.1) is 61.6 Å². The highest BCUT2D eigenvalue weighted by Crippen LogP contribution is 2.35. The molecular weight excluding hydrogens is 928 g/mol. The van der Waals surface area contributed by atoms with Crippen molar-refractivity contribution >= 4 is 62.0 Å². The van der Waals surface area contributed by atoms with Crippen LogP contribution in [-0.2, 0) is 22.7 Å². The Morgan fingerprint density at radius 2 is 1.08 bits per heavy atom. The van der Waals surface area contributed by atoms with Crippen LogP contribution in [0.15, 0.2) is 158 Å². The van der Waals surface area contributed by atoms with E-state index in [1.807, 2.05) is 116 Å². The summed E-state index contributed by atoms with van der Waals surface area (Å²) in [6, 6.07) is 48.2. The number of nitrogens with one attached hydrogen (secondary N) is 1. The van der Waals surface area contributed by atoms with Crippen LogP contribution in [0.2, 0.25) is 5.15 Å². The van der Waals surface area contributed by atoms with Crippen molar-refractivity contribution in [2.75, 3.05) is 50.7 Å². The molecule has 4 heterocycles. The first-order valence-corrected chi connectivity index (χ1v) is 23.0. The standard InChI is InChI=1S/C27H25N3O5.C16H12ClNO.C11H14N2O4/c1-27(16-33-17-27)18-35-21-11-12-22(23(14-21)30(31)32)28-25-13-10-20-8-5-9-24(26(20)29-25)34-15-19-6-3-2-4-7-19;17-15-10-9-13-7-4-8-14(16(13)18-15)19-11-12-5-2-1-3-6-12;1-11(5-16-6-11)7-17-8-2-3-9(12)10(4-8)13(14)15/h2-14H,15-18H2,1H3,(H,28,29);1-10H,11H2;2-4H,5-7,12H2,1H3. The van der Waals surface area contributed by atoms with Gasteiger partial charge in [-0.15, -0.1) is 0 Å². The molecule has 2 aliphatic rings. The van der Waals surface area contributed by atoms with Gasteiger partial charge in [-0.25, -0.2) is 9.97 Å². The van der Waals surface area contributed by atoms with Crippen LogP contribution in [0.25, 0.3) is 21.8 Å². The molecule has 2 fully saturated rings. The number of ether oxygens (including phenoxy) is 6. The highest BCUT2D eigenvalue weighted by molar-refractivity contribution is 6.29. The minimum atomic E-state index is -0.517. The second-order valence-electron chi connectivity index (χ2n) is 17.8. The van der Waals surface area contributed by atoms with Crippen LogP contribution in [0.5, 0.6) is 23.0 Å². The minimum absolute atomic E-state index is 0.0101. The lowest BCUT2D eigenvalue weighted by Crippen LogP contribution is -2.44. The quantitative estimate of drug-likeness (QED) is 0.0400. The van der Waals surface area contributed by atoms with Crippen molar-refractivity contribution in [1.29, 1.82) is 0 Å². The maximum atomic E-state index is 11.8. The Kier molecular flexibility index (Phi) is 15.7. The molecule has 0 amide bonds. The molecule has 0 atom stereocenters. The van der Waals surface area contributed by atoms with E-state index in [1.54, 1.807) is 30.3 Å². The van der Waals surface area contributed by atoms with E-state index in [4.69, 9.17) is 45.8 Å². The highest BCUT2D eigenvalue weighted by Gasteiger charge is 2.35. The number of para-hydroxylation sites is 2. The smallest absolute Gasteiger partial charge is 0.296 e. The lowest BCUT2D eigenvalue weighted by Gasteiger charge is -2.37. The third-order valence-electron chi connectivity index (χ3n) is 11.4. The number of nitrogen functional groups attached to an aromatic ring is 1. The van der Waals surface area contributed by atoms with Gasteiger partial charge in [-0.05, 0) is 71.8 Å². The summed E-state index contributed by atoms with van der Waals surface area (Å²) < 4.78 is 33.5. The minimum Gasteiger partial charge on any atom is -0.493 e. The lowest BCUT2D eigenvalue weighted by molar-refractivity contribution is -0.384. The van der Waals surface area contributed by atoms with Gasteiger partial charge in [-0.2, -0.15) is 0 Å². The van der Waals surface area contributed by atoms with E-state index in [0.29, 0.717) is 92.3 Å². The maximum absolute atomic E-state index is 11.8. The molecule has 71 heavy (non-hydrogen) atoms. The number of benzene rings is 6. The molecule has 2 aromatic heterocycles. The molecule has 0 spiro atoms. The molecule has 8 aromatic rings. The number of nitro groups is 2. The van der Waals surface area contributed by atoms with Crippen LogP contribution in [-0.4, -0.2) is 59.5 Å². The van der Waals surface area contributed by atoms with E-state index >= 15 is 0 Å². The normalized spacial score (nSPS) is 14.0. The van der Waals surface area contributed by atoms with Gasteiger partial charge in [0.25, 0.3) is 11.4 Å². The Balaban J connectivity index is 0.000000158. The molecule has 6 aromatic carbocycles. The number of halogens is 1. The topological polar surface area (TPSA) is 205 Å². The van der Waals surface area contributed by atoms with Gasteiger partial charge in [0, 0.05) is 21.6 Å². The Hall–Kier alpha value is -8.05. The van der Waals surface area contributed by atoms with Gasteiger partial charge < -0.3 is 39.5 Å². The highest BCUT2D eigenvalue weighted by atomic mass is 35.5. The van der Waals surface area contributed by atoms with Crippen molar-refractivity contribution < 1.29 is 38.3 Å². The Morgan fingerprint density at radius 1 is 0.592 bits per heavy atom. The van der Waals surface area contributed by atoms with Crippen LogP contribution in [0.4, 0.5) is 28.6 Å². The predicted molar refractivity (Wildman–Crippen MR) is 273 cm³/mol. The summed E-state index contributed by atoms with van der Waals surface area (Å²) in [6.07, 6.45) is 0. The van der Waals surface area contributed by atoms with Crippen LogP contribution in [0, 0.1) is 31.1 Å². The zero-order valence-corrected chi connectivity index (χ0v) is 39.8. The molecule has 0 unspecified atom stereocenters. The number of nitro benzene ring substituents is 2. The summed E-state index contributed by atoms with van der Waals surface area (Å²) in [4.78, 5) is 30.5. The number of rotatable bonds is 16. The van der Waals surface area contributed by atoms with E-state index in [0.717, 1.165) is 33.2 Å². The van der Waals surface area contributed by atoms with Crippen molar-refractivity contribution in [3.05, 3.63) is 194 Å². The van der Waals surface area contributed by atoms with Crippen molar-refractivity contribution in [2.24, 2.45) is 10.8 Å². The average molecular weight is 979 g/mol. The van der Waals surface area contributed by atoms with Gasteiger partial charge in [0.15, 0.2) is 0 Å². The molecule has 10 rings (SSSR count). The number of nitrogens with two attached hydrogens (primary N) is 1. The van der Waals surface area contributed by atoms with Gasteiger partial charge in [0.2, 0.25) is 0 Å². The lowest BCUT2D eigenvalue weighted by atomic mass is 9.90. The summed E-state index contributed by atoms with van der Waals surface area (Å²) >= 11 is 5.94. The van der Waals surface area contributed by atoms with E-state index in [1.165, 1.54) is 18.2 Å². The predicted octanol–water partition coefficient (Wildman–Crippen LogP) is 11.9. The largest absolute Gasteiger partial charge is 0.493 e. The van der Waals surface area contributed by atoms with Crippen LogP contribution < -0.4 is 30.0 Å². The molecule has 2 aliphatic heterocycles. The van der Waals surface area contributed by atoms with Crippen LogP contribution in [0.3, 0.4) is 0 Å².